The summed E-state index contributed by atoms with van der Waals surface area (Å²) in [6.45, 7) is 6.14. The van der Waals surface area contributed by atoms with Crippen LogP contribution in [0.4, 0.5) is 0 Å². The molecule has 0 N–H and O–H groups in total. The van der Waals surface area contributed by atoms with Crippen molar-refractivity contribution in [2.45, 2.75) is 33.2 Å². The second-order valence-electron chi connectivity index (χ2n) is 3.78. The SMILES string of the molecule is CCCC1COc2c(C)cnn2C1. The Morgan fingerprint density at radius 2 is 2.54 bits per heavy atom. The van der Waals surface area contributed by atoms with Gasteiger partial charge < -0.3 is 4.74 Å². The quantitative estimate of drug-likeness (QED) is 0.696. The molecule has 0 amide bonds. The van der Waals surface area contributed by atoms with Gasteiger partial charge in [0.2, 0.25) is 5.88 Å². The molecule has 0 saturated carbocycles. The number of nitrogens with zero attached hydrogens (tertiary/aromatic N) is 2. The van der Waals surface area contributed by atoms with Crippen molar-refractivity contribution < 1.29 is 4.74 Å². The van der Waals surface area contributed by atoms with E-state index < -0.39 is 0 Å². The van der Waals surface area contributed by atoms with Gasteiger partial charge in [-0.25, -0.2) is 4.68 Å². The Labute approximate surface area is 78.7 Å². The third-order valence-corrected chi connectivity index (χ3v) is 2.55. The second kappa shape index (κ2) is 3.40. The smallest absolute Gasteiger partial charge is 0.214 e. The molecule has 1 aliphatic heterocycles. The van der Waals surface area contributed by atoms with Crippen LogP contribution in [-0.2, 0) is 6.54 Å². The zero-order valence-electron chi connectivity index (χ0n) is 8.29. The maximum atomic E-state index is 5.66. The normalized spacial score (nSPS) is 20.9. The number of aromatic nitrogens is 2. The molecule has 1 aromatic heterocycles. The number of aryl methyl sites for hydroxylation is 1. The Morgan fingerprint density at radius 3 is 3.31 bits per heavy atom. The molecule has 72 valence electrons. The van der Waals surface area contributed by atoms with Gasteiger partial charge in [0.15, 0.2) is 0 Å². The highest BCUT2D eigenvalue weighted by atomic mass is 16.5. The first kappa shape index (κ1) is 8.60. The van der Waals surface area contributed by atoms with E-state index in [1.807, 2.05) is 17.8 Å². The minimum atomic E-state index is 0.650. The lowest BCUT2D eigenvalue weighted by Gasteiger charge is -2.23. The van der Waals surface area contributed by atoms with Gasteiger partial charge in [-0.05, 0) is 13.3 Å². The summed E-state index contributed by atoms with van der Waals surface area (Å²) >= 11 is 0. The predicted molar refractivity (Wildman–Crippen MR) is 50.9 cm³/mol. The highest BCUT2D eigenvalue weighted by molar-refractivity contribution is 5.23. The Bertz CT molecular complexity index is 293. The van der Waals surface area contributed by atoms with Crippen LogP contribution in [0.25, 0.3) is 0 Å². The van der Waals surface area contributed by atoms with Gasteiger partial charge in [-0.3, -0.25) is 0 Å². The van der Waals surface area contributed by atoms with Crippen molar-refractivity contribution in [1.82, 2.24) is 9.78 Å². The van der Waals surface area contributed by atoms with Gasteiger partial charge in [-0.1, -0.05) is 13.3 Å². The van der Waals surface area contributed by atoms with E-state index in [9.17, 15) is 0 Å². The molecular weight excluding hydrogens is 164 g/mol. The number of ether oxygens (including phenoxy) is 1. The molecule has 0 radical (unpaired) electrons. The lowest BCUT2D eigenvalue weighted by Crippen LogP contribution is -2.25. The first-order chi connectivity index (χ1) is 6.31. The van der Waals surface area contributed by atoms with Gasteiger partial charge in [0, 0.05) is 11.5 Å². The largest absolute Gasteiger partial charge is 0.477 e. The minimum Gasteiger partial charge on any atom is -0.477 e. The lowest BCUT2D eigenvalue weighted by molar-refractivity contribution is 0.156. The molecule has 0 aromatic carbocycles. The topological polar surface area (TPSA) is 27.1 Å². The van der Waals surface area contributed by atoms with E-state index >= 15 is 0 Å². The summed E-state index contributed by atoms with van der Waals surface area (Å²) in [6.07, 6.45) is 4.34. The van der Waals surface area contributed by atoms with E-state index in [2.05, 4.69) is 12.0 Å². The van der Waals surface area contributed by atoms with Gasteiger partial charge in [-0.2, -0.15) is 5.10 Å². The van der Waals surface area contributed by atoms with Crippen molar-refractivity contribution in [2.24, 2.45) is 5.92 Å². The molecule has 13 heavy (non-hydrogen) atoms. The van der Waals surface area contributed by atoms with Crippen LogP contribution >= 0.6 is 0 Å². The van der Waals surface area contributed by atoms with Crippen molar-refractivity contribution in [3.05, 3.63) is 11.8 Å². The van der Waals surface area contributed by atoms with E-state index in [0.29, 0.717) is 5.92 Å². The van der Waals surface area contributed by atoms with Crippen LogP contribution in [0.15, 0.2) is 6.20 Å². The van der Waals surface area contributed by atoms with E-state index in [1.54, 1.807) is 0 Å². The third kappa shape index (κ3) is 1.55. The lowest BCUT2D eigenvalue weighted by atomic mass is 10.0. The number of rotatable bonds is 2. The highest BCUT2D eigenvalue weighted by Gasteiger charge is 2.20. The molecule has 2 heterocycles. The van der Waals surface area contributed by atoms with Crippen LogP contribution in [0.5, 0.6) is 5.88 Å². The van der Waals surface area contributed by atoms with Crippen LogP contribution in [0.3, 0.4) is 0 Å². The molecule has 3 heteroatoms. The molecule has 1 unspecified atom stereocenters. The van der Waals surface area contributed by atoms with Gasteiger partial charge in [0.1, 0.15) is 0 Å². The van der Waals surface area contributed by atoms with Gasteiger partial charge >= 0.3 is 0 Å². The van der Waals surface area contributed by atoms with E-state index in [1.165, 1.54) is 12.8 Å². The number of hydrogen-bond donors (Lipinski definition) is 0. The van der Waals surface area contributed by atoms with Crippen molar-refractivity contribution in [2.75, 3.05) is 6.61 Å². The Kier molecular flexibility index (Phi) is 2.25. The van der Waals surface area contributed by atoms with Crippen molar-refractivity contribution in [3.63, 3.8) is 0 Å². The summed E-state index contributed by atoms with van der Waals surface area (Å²) < 4.78 is 7.65. The predicted octanol–water partition coefficient (Wildman–Crippen LogP) is 2.00. The van der Waals surface area contributed by atoms with Crippen LogP contribution in [-0.4, -0.2) is 16.4 Å². The molecular formula is C10H16N2O. The molecule has 2 rings (SSSR count). The zero-order chi connectivity index (χ0) is 9.26. The van der Waals surface area contributed by atoms with Crippen molar-refractivity contribution in [1.29, 1.82) is 0 Å². The van der Waals surface area contributed by atoms with Gasteiger partial charge in [0.25, 0.3) is 0 Å². The van der Waals surface area contributed by atoms with Crippen LogP contribution in [0.2, 0.25) is 0 Å². The van der Waals surface area contributed by atoms with E-state index in [0.717, 1.165) is 24.6 Å². The fourth-order valence-corrected chi connectivity index (χ4v) is 1.86. The summed E-state index contributed by atoms with van der Waals surface area (Å²) in [7, 11) is 0. The van der Waals surface area contributed by atoms with E-state index in [-0.39, 0.29) is 0 Å². The molecule has 1 aliphatic rings. The summed E-state index contributed by atoms with van der Waals surface area (Å²) in [5.41, 5.74) is 1.15. The van der Waals surface area contributed by atoms with Crippen LogP contribution < -0.4 is 4.74 Å². The fourth-order valence-electron chi connectivity index (χ4n) is 1.86. The summed E-state index contributed by atoms with van der Waals surface area (Å²) in [6, 6.07) is 0. The Hall–Kier alpha value is -0.990. The maximum Gasteiger partial charge on any atom is 0.214 e. The standard InChI is InChI=1S/C10H16N2O/c1-3-4-9-6-12-10(13-7-9)8(2)5-11-12/h5,9H,3-4,6-7H2,1-2H3. The zero-order valence-corrected chi connectivity index (χ0v) is 8.29. The highest BCUT2D eigenvalue weighted by Crippen LogP contribution is 2.25. The molecule has 0 bridgehead atoms. The first-order valence-electron chi connectivity index (χ1n) is 4.96. The second-order valence-corrected chi connectivity index (χ2v) is 3.78. The molecule has 0 aliphatic carbocycles. The van der Waals surface area contributed by atoms with Gasteiger partial charge in [-0.15, -0.1) is 0 Å². The molecule has 1 aromatic rings. The molecule has 1 atom stereocenters. The first-order valence-corrected chi connectivity index (χ1v) is 4.96. The van der Waals surface area contributed by atoms with E-state index in [4.69, 9.17) is 4.74 Å². The molecule has 0 saturated heterocycles. The van der Waals surface area contributed by atoms with Crippen LogP contribution in [0.1, 0.15) is 25.3 Å². The van der Waals surface area contributed by atoms with Crippen molar-refractivity contribution >= 4 is 0 Å². The summed E-state index contributed by atoms with van der Waals surface area (Å²) in [5, 5.41) is 4.28. The fraction of sp³-hybridized carbons (Fsp3) is 0.700. The molecule has 0 spiro atoms. The average molecular weight is 180 g/mol. The third-order valence-electron chi connectivity index (χ3n) is 2.55. The Balaban J connectivity index is 2.11. The van der Waals surface area contributed by atoms with Crippen molar-refractivity contribution in [3.8, 4) is 5.88 Å². The average Bonchev–Trinajstić information content (AvgIpc) is 2.48. The molecule has 3 nitrogen and oxygen atoms in total. The Morgan fingerprint density at radius 1 is 1.69 bits per heavy atom. The summed E-state index contributed by atoms with van der Waals surface area (Å²) in [4.78, 5) is 0. The number of hydrogen-bond acceptors (Lipinski definition) is 2. The molecule has 0 fully saturated rings. The van der Waals surface area contributed by atoms with Crippen LogP contribution in [0, 0.1) is 12.8 Å². The monoisotopic (exact) mass is 180 g/mol. The number of fused-ring (bicyclic) bond motifs is 1. The maximum absolute atomic E-state index is 5.66. The summed E-state index contributed by atoms with van der Waals surface area (Å²) in [5.74, 6) is 1.61. The van der Waals surface area contributed by atoms with Gasteiger partial charge in [0.05, 0.1) is 19.3 Å². The minimum absolute atomic E-state index is 0.650.